The lowest BCUT2D eigenvalue weighted by Crippen LogP contribution is -2.18. The molecule has 3 aromatic rings. The van der Waals surface area contributed by atoms with Gasteiger partial charge < -0.3 is 4.74 Å². The Morgan fingerprint density at radius 3 is 2.46 bits per heavy atom. The first kappa shape index (κ1) is 20.3. The van der Waals surface area contributed by atoms with E-state index in [9.17, 15) is 13.2 Å². The van der Waals surface area contributed by atoms with Gasteiger partial charge in [-0.15, -0.1) is 10.2 Å². The number of hydrogen-bond acceptors (Lipinski definition) is 5. The third-order valence-corrected chi connectivity index (χ3v) is 4.94. The van der Waals surface area contributed by atoms with Crippen molar-refractivity contribution in [2.24, 2.45) is 0 Å². The zero-order valence-corrected chi connectivity index (χ0v) is 16.2. The van der Waals surface area contributed by atoms with Crippen LogP contribution in [0.3, 0.4) is 0 Å². The number of alkyl halides is 3. The summed E-state index contributed by atoms with van der Waals surface area (Å²) < 4.78 is 43.1. The van der Waals surface area contributed by atoms with Gasteiger partial charge in [-0.3, -0.25) is 9.55 Å². The summed E-state index contributed by atoms with van der Waals surface area (Å²) in [5.74, 6) is 0.972. The van der Waals surface area contributed by atoms with E-state index in [-0.39, 0.29) is 6.61 Å². The first-order valence-corrected chi connectivity index (χ1v) is 9.54. The first-order valence-electron chi connectivity index (χ1n) is 8.56. The highest BCUT2D eigenvalue weighted by Gasteiger charge is 2.27. The number of aromatic nitrogens is 4. The lowest BCUT2D eigenvalue weighted by Gasteiger charge is -2.12. The molecule has 0 atom stereocenters. The van der Waals surface area contributed by atoms with E-state index < -0.39 is 12.8 Å². The molecule has 2 aromatic heterocycles. The normalized spacial score (nSPS) is 11.8. The molecule has 148 valence electrons. The van der Waals surface area contributed by atoms with Gasteiger partial charge in [0.2, 0.25) is 0 Å². The molecule has 0 bridgehead atoms. The van der Waals surface area contributed by atoms with E-state index in [0.29, 0.717) is 16.7 Å². The maximum atomic E-state index is 12.2. The van der Waals surface area contributed by atoms with Crippen LogP contribution in [0.15, 0.2) is 47.9 Å². The molecule has 0 aliphatic rings. The molecule has 0 N–H and O–H groups in total. The molecule has 0 saturated heterocycles. The summed E-state index contributed by atoms with van der Waals surface area (Å²) in [5, 5.41) is 9.13. The monoisotopic (exact) mass is 408 g/mol. The minimum atomic E-state index is -4.32. The standard InChI is InChI=1S/C19H19F3N4OS/c1-13-3-4-16(11-14(13)2)26-17(15-5-7-23-8-6-15)24-25-18(26)28-10-9-27-12-19(20,21)22/h3-8,11H,9-10,12H2,1-2H3. The zero-order chi connectivity index (χ0) is 20.1. The number of ether oxygens (including phenoxy) is 1. The minimum Gasteiger partial charge on any atom is -0.371 e. The lowest BCUT2D eigenvalue weighted by atomic mass is 10.1. The molecule has 9 heteroatoms. The molecule has 0 fully saturated rings. The number of aryl methyl sites for hydroxylation is 2. The van der Waals surface area contributed by atoms with Gasteiger partial charge in [0.15, 0.2) is 11.0 Å². The summed E-state index contributed by atoms with van der Waals surface area (Å²) in [5.41, 5.74) is 4.02. The van der Waals surface area contributed by atoms with E-state index >= 15 is 0 Å². The van der Waals surface area contributed by atoms with Gasteiger partial charge in [0, 0.05) is 23.7 Å². The molecule has 0 spiro atoms. The maximum Gasteiger partial charge on any atom is 0.411 e. The third-order valence-electron chi connectivity index (χ3n) is 4.05. The van der Waals surface area contributed by atoms with Crippen molar-refractivity contribution >= 4 is 11.8 Å². The molecule has 1 aromatic carbocycles. The van der Waals surface area contributed by atoms with Crippen LogP contribution in [-0.4, -0.2) is 44.9 Å². The largest absolute Gasteiger partial charge is 0.411 e. The quantitative estimate of drug-likeness (QED) is 0.422. The fraction of sp³-hybridized carbons (Fsp3) is 0.316. The van der Waals surface area contributed by atoms with Crippen LogP contribution in [-0.2, 0) is 4.74 Å². The summed E-state index contributed by atoms with van der Waals surface area (Å²) in [6, 6.07) is 9.70. The summed E-state index contributed by atoms with van der Waals surface area (Å²) in [6.07, 6.45) is -0.974. The Balaban J connectivity index is 1.86. The van der Waals surface area contributed by atoms with E-state index in [4.69, 9.17) is 0 Å². The van der Waals surface area contributed by atoms with Crippen LogP contribution >= 0.6 is 11.8 Å². The van der Waals surface area contributed by atoms with Gasteiger partial charge in [0.1, 0.15) is 6.61 Å². The summed E-state index contributed by atoms with van der Waals surface area (Å²) >= 11 is 1.30. The first-order chi connectivity index (χ1) is 13.3. The van der Waals surface area contributed by atoms with E-state index in [0.717, 1.165) is 22.4 Å². The van der Waals surface area contributed by atoms with Gasteiger partial charge in [-0.1, -0.05) is 17.8 Å². The van der Waals surface area contributed by atoms with Crippen molar-refractivity contribution in [2.75, 3.05) is 19.0 Å². The Labute approximate surface area is 165 Å². The van der Waals surface area contributed by atoms with E-state index in [2.05, 4.69) is 19.9 Å². The molecule has 5 nitrogen and oxygen atoms in total. The van der Waals surface area contributed by atoms with Crippen molar-refractivity contribution in [3.63, 3.8) is 0 Å². The van der Waals surface area contributed by atoms with Crippen LogP contribution in [0.4, 0.5) is 13.2 Å². The van der Waals surface area contributed by atoms with E-state index in [1.165, 1.54) is 11.8 Å². The number of rotatable bonds is 7. The van der Waals surface area contributed by atoms with E-state index in [1.54, 1.807) is 12.4 Å². The van der Waals surface area contributed by atoms with Crippen molar-refractivity contribution in [1.82, 2.24) is 19.7 Å². The second kappa shape index (κ2) is 8.74. The number of hydrogen-bond donors (Lipinski definition) is 0. The average Bonchev–Trinajstić information content (AvgIpc) is 3.07. The fourth-order valence-electron chi connectivity index (χ4n) is 2.53. The molecule has 0 amide bonds. The van der Waals surface area contributed by atoms with Crippen molar-refractivity contribution in [3.8, 4) is 17.1 Å². The smallest absolute Gasteiger partial charge is 0.371 e. The molecule has 0 aliphatic heterocycles. The predicted molar refractivity (Wildman–Crippen MR) is 102 cm³/mol. The Kier molecular flexibility index (Phi) is 6.35. The summed E-state index contributed by atoms with van der Waals surface area (Å²) in [7, 11) is 0. The lowest BCUT2D eigenvalue weighted by molar-refractivity contribution is -0.172. The Morgan fingerprint density at radius 1 is 1.04 bits per heavy atom. The van der Waals surface area contributed by atoms with Crippen LogP contribution in [0.1, 0.15) is 11.1 Å². The van der Waals surface area contributed by atoms with Crippen molar-refractivity contribution in [3.05, 3.63) is 53.9 Å². The molecular formula is C19H19F3N4OS. The number of benzene rings is 1. The molecular weight excluding hydrogens is 389 g/mol. The topological polar surface area (TPSA) is 52.8 Å². The molecule has 28 heavy (non-hydrogen) atoms. The van der Waals surface area contributed by atoms with Crippen molar-refractivity contribution < 1.29 is 17.9 Å². The Morgan fingerprint density at radius 2 is 1.79 bits per heavy atom. The van der Waals surface area contributed by atoms with Crippen LogP contribution < -0.4 is 0 Å². The number of nitrogens with zero attached hydrogens (tertiary/aromatic N) is 4. The van der Waals surface area contributed by atoms with Crippen LogP contribution in [0, 0.1) is 13.8 Å². The second-order valence-electron chi connectivity index (χ2n) is 6.16. The fourth-order valence-corrected chi connectivity index (χ4v) is 3.33. The number of pyridine rings is 1. The predicted octanol–water partition coefficient (Wildman–Crippen LogP) is 4.62. The second-order valence-corrected chi connectivity index (χ2v) is 7.22. The number of thioether (sulfide) groups is 1. The Bertz CT molecular complexity index is 929. The highest BCUT2D eigenvalue weighted by atomic mass is 32.2. The highest BCUT2D eigenvalue weighted by Crippen LogP contribution is 2.28. The summed E-state index contributed by atoms with van der Waals surface area (Å²) in [6.45, 7) is 2.77. The van der Waals surface area contributed by atoms with Crippen LogP contribution in [0.5, 0.6) is 0 Å². The molecule has 0 unspecified atom stereocenters. The minimum absolute atomic E-state index is 0.0332. The zero-order valence-electron chi connectivity index (χ0n) is 15.4. The Hall–Kier alpha value is -2.39. The van der Waals surface area contributed by atoms with Crippen molar-refractivity contribution in [1.29, 1.82) is 0 Å². The number of halogens is 3. The van der Waals surface area contributed by atoms with Crippen molar-refractivity contribution in [2.45, 2.75) is 25.2 Å². The SMILES string of the molecule is Cc1ccc(-n2c(SCCOCC(F)(F)F)nnc2-c2ccncc2)cc1C. The van der Waals surface area contributed by atoms with Gasteiger partial charge >= 0.3 is 6.18 Å². The van der Waals surface area contributed by atoms with Gasteiger partial charge in [0.25, 0.3) is 0 Å². The van der Waals surface area contributed by atoms with E-state index in [1.807, 2.05) is 48.7 Å². The van der Waals surface area contributed by atoms with Gasteiger partial charge in [0.05, 0.1) is 12.3 Å². The third kappa shape index (κ3) is 5.11. The van der Waals surface area contributed by atoms with Crippen LogP contribution in [0.2, 0.25) is 0 Å². The highest BCUT2D eigenvalue weighted by molar-refractivity contribution is 7.99. The average molecular weight is 408 g/mol. The molecule has 0 radical (unpaired) electrons. The molecule has 0 aliphatic carbocycles. The molecule has 2 heterocycles. The maximum absolute atomic E-state index is 12.2. The van der Waals surface area contributed by atoms with Gasteiger partial charge in [-0.05, 0) is 49.2 Å². The summed E-state index contributed by atoms with van der Waals surface area (Å²) in [4.78, 5) is 4.02. The van der Waals surface area contributed by atoms with Gasteiger partial charge in [-0.2, -0.15) is 13.2 Å². The molecule has 3 rings (SSSR count). The van der Waals surface area contributed by atoms with Gasteiger partial charge in [-0.25, -0.2) is 0 Å². The van der Waals surface area contributed by atoms with Crippen LogP contribution in [0.25, 0.3) is 17.1 Å². The molecule has 0 saturated carbocycles.